The van der Waals surface area contributed by atoms with Gasteiger partial charge in [0.2, 0.25) is 0 Å². The third-order valence-corrected chi connectivity index (χ3v) is 2.72. The third-order valence-electron chi connectivity index (χ3n) is 2.72. The van der Waals surface area contributed by atoms with E-state index in [0.717, 1.165) is 26.2 Å². The number of nitrogens with one attached hydrogen (secondary N) is 1. The highest BCUT2D eigenvalue weighted by Crippen LogP contribution is 1.97. The van der Waals surface area contributed by atoms with Crippen molar-refractivity contribution >= 4 is 0 Å². The second-order valence-electron chi connectivity index (χ2n) is 4.29. The average Bonchev–Trinajstić information content (AvgIpc) is 2.15. The average molecular weight is 201 g/mol. The molecule has 3 nitrogen and oxygen atoms in total. The highest BCUT2D eigenvalue weighted by molar-refractivity contribution is 4.62. The van der Waals surface area contributed by atoms with Crippen LogP contribution in [0.15, 0.2) is 0 Å². The van der Waals surface area contributed by atoms with Crippen LogP contribution < -0.4 is 5.32 Å². The van der Waals surface area contributed by atoms with Crippen molar-refractivity contribution in [1.29, 1.82) is 0 Å². The van der Waals surface area contributed by atoms with Gasteiger partial charge in [-0.15, -0.1) is 0 Å². The van der Waals surface area contributed by atoms with Crippen molar-refractivity contribution in [1.82, 2.24) is 15.1 Å². The lowest BCUT2D eigenvalue weighted by Crippen LogP contribution is -2.36. The van der Waals surface area contributed by atoms with Crippen LogP contribution in [0.3, 0.4) is 0 Å². The van der Waals surface area contributed by atoms with Crippen LogP contribution in [0.25, 0.3) is 0 Å². The van der Waals surface area contributed by atoms with Crippen molar-refractivity contribution in [3.05, 3.63) is 0 Å². The third kappa shape index (κ3) is 7.30. The SMILES string of the molecule is CCC(C)N(C)CCNCCN(C)C. The summed E-state index contributed by atoms with van der Waals surface area (Å²) in [4.78, 5) is 4.61. The summed E-state index contributed by atoms with van der Waals surface area (Å²) in [6, 6.07) is 0.700. The molecule has 0 bridgehead atoms. The summed E-state index contributed by atoms with van der Waals surface area (Å²) in [6.07, 6.45) is 1.23. The Hall–Kier alpha value is -0.120. The van der Waals surface area contributed by atoms with E-state index in [-0.39, 0.29) is 0 Å². The Morgan fingerprint density at radius 1 is 1.07 bits per heavy atom. The molecule has 0 heterocycles. The maximum absolute atomic E-state index is 3.44. The molecule has 1 atom stereocenters. The quantitative estimate of drug-likeness (QED) is 0.588. The van der Waals surface area contributed by atoms with E-state index in [1.165, 1.54) is 6.42 Å². The standard InChI is InChI=1S/C11H27N3/c1-6-11(2)14(5)10-8-12-7-9-13(3)4/h11-12H,6-10H2,1-5H3. The predicted octanol–water partition coefficient (Wildman–Crippen LogP) is 0.868. The van der Waals surface area contributed by atoms with Gasteiger partial charge in [-0.05, 0) is 34.5 Å². The van der Waals surface area contributed by atoms with Crippen molar-refractivity contribution in [2.45, 2.75) is 26.3 Å². The number of hydrogen-bond acceptors (Lipinski definition) is 3. The summed E-state index contributed by atoms with van der Waals surface area (Å²) < 4.78 is 0. The molecule has 1 unspecified atom stereocenters. The van der Waals surface area contributed by atoms with Crippen LogP contribution in [0.5, 0.6) is 0 Å². The van der Waals surface area contributed by atoms with Gasteiger partial charge in [0.15, 0.2) is 0 Å². The smallest absolute Gasteiger partial charge is 0.0107 e. The molecule has 1 N–H and O–H groups in total. The summed E-state index contributed by atoms with van der Waals surface area (Å²) in [7, 11) is 6.40. The number of rotatable bonds is 8. The molecule has 0 aliphatic carbocycles. The molecule has 0 fully saturated rings. The molecule has 3 heteroatoms. The number of hydrogen-bond donors (Lipinski definition) is 1. The van der Waals surface area contributed by atoms with Gasteiger partial charge < -0.3 is 15.1 Å². The fourth-order valence-electron chi connectivity index (χ4n) is 1.22. The van der Waals surface area contributed by atoms with Crippen LogP contribution in [-0.2, 0) is 0 Å². The highest BCUT2D eigenvalue weighted by atomic mass is 15.1. The zero-order valence-electron chi connectivity index (χ0n) is 10.5. The second-order valence-corrected chi connectivity index (χ2v) is 4.29. The summed E-state index contributed by atoms with van der Waals surface area (Å²) in [5, 5.41) is 3.44. The first kappa shape index (κ1) is 13.9. The molecule has 0 spiro atoms. The Morgan fingerprint density at radius 2 is 1.64 bits per heavy atom. The molecule has 0 saturated carbocycles. The van der Waals surface area contributed by atoms with Gasteiger partial charge in [-0.2, -0.15) is 0 Å². The zero-order chi connectivity index (χ0) is 11.0. The summed E-state index contributed by atoms with van der Waals surface area (Å²) >= 11 is 0. The summed E-state index contributed by atoms with van der Waals surface area (Å²) in [5.41, 5.74) is 0. The molecule has 0 rings (SSSR count). The summed E-state index contributed by atoms with van der Waals surface area (Å²) in [5.74, 6) is 0. The highest BCUT2D eigenvalue weighted by Gasteiger charge is 2.04. The molecular weight excluding hydrogens is 174 g/mol. The van der Waals surface area contributed by atoms with E-state index in [4.69, 9.17) is 0 Å². The van der Waals surface area contributed by atoms with Crippen LogP contribution in [-0.4, -0.2) is 63.2 Å². The Bertz CT molecular complexity index is 126. The van der Waals surface area contributed by atoms with E-state index in [9.17, 15) is 0 Å². The van der Waals surface area contributed by atoms with Crippen molar-refractivity contribution in [2.24, 2.45) is 0 Å². The Labute approximate surface area is 89.5 Å². The van der Waals surface area contributed by atoms with Gasteiger partial charge in [0.25, 0.3) is 0 Å². The molecule has 0 aliphatic rings. The van der Waals surface area contributed by atoms with Crippen molar-refractivity contribution in [3.8, 4) is 0 Å². The first-order valence-corrected chi connectivity index (χ1v) is 5.63. The molecule has 14 heavy (non-hydrogen) atoms. The van der Waals surface area contributed by atoms with Crippen LogP contribution in [0.1, 0.15) is 20.3 Å². The monoisotopic (exact) mass is 201 g/mol. The minimum Gasteiger partial charge on any atom is -0.314 e. The van der Waals surface area contributed by atoms with Gasteiger partial charge in [0, 0.05) is 32.2 Å². The fourth-order valence-corrected chi connectivity index (χ4v) is 1.22. The Kier molecular flexibility index (Phi) is 8.14. The van der Waals surface area contributed by atoms with Crippen molar-refractivity contribution in [2.75, 3.05) is 47.3 Å². The van der Waals surface area contributed by atoms with Gasteiger partial charge in [0.05, 0.1) is 0 Å². The Balaban J connectivity index is 3.27. The van der Waals surface area contributed by atoms with Gasteiger partial charge in [-0.3, -0.25) is 0 Å². The molecule has 0 amide bonds. The zero-order valence-corrected chi connectivity index (χ0v) is 10.5. The molecule has 0 aromatic rings. The van der Waals surface area contributed by atoms with Crippen LogP contribution in [0, 0.1) is 0 Å². The number of likely N-dealkylation sites (N-methyl/N-ethyl adjacent to an activating group) is 2. The lowest BCUT2D eigenvalue weighted by molar-refractivity contribution is 0.250. The maximum atomic E-state index is 3.44. The number of nitrogens with zero attached hydrogens (tertiary/aromatic N) is 2. The topological polar surface area (TPSA) is 18.5 Å². The second kappa shape index (κ2) is 8.21. The van der Waals surface area contributed by atoms with Gasteiger partial charge in [-0.1, -0.05) is 6.92 Å². The van der Waals surface area contributed by atoms with Crippen molar-refractivity contribution < 1.29 is 0 Å². The molecule has 0 aromatic heterocycles. The van der Waals surface area contributed by atoms with Gasteiger partial charge >= 0.3 is 0 Å². The van der Waals surface area contributed by atoms with E-state index >= 15 is 0 Å². The van der Waals surface area contributed by atoms with Crippen LogP contribution in [0.2, 0.25) is 0 Å². The molecule has 86 valence electrons. The Morgan fingerprint density at radius 3 is 2.14 bits per heavy atom. The molecule has 0 radical (unpaired) electrons. The van der Waals surface area contributed by atoms with Crippen LogP contribution >= 0.6 is 0 Å². The van der Waals surface area contributed by atoms with Crippen LogP contribution in [0.4, 0.5) is 0 Å². The molecular formula is C11H27N3. The fraction of sp³-hybridized carbons (Fsp3) is 1.00. The first-order valence-electron chi connectivity index (χ1n) is 5.63. The van der Waals surface area contributed by atoms with E-state index in [0.29, 0.717) is 6.04 Å². The van der Waals surface area contributed by atoms with E-state index < -0.39 is 0 Å². The van der Waals surface area contributed by atoms with Gasteiger partial charge in [-0.25, -0.2) is 0 Å². The van der Waals surface area contributed by atoms with E-state index in [1.54, 1.807) is 0 Å². The maximum Gasteiger partial charge on any atom is 0.0107 e. The van der Waals surface area contributed by atoms with Crippen molar-refractivity contribution in [3.63, 3.8) is 0 Å². The normalized spacial score (nSPS) is 13.9. The first-order chi connectivity index (χ1) is 6.57. The van der Waals surface area contributed by atoms with E-state index in [2.05, 4.69) is 50.1 Å². The summed E-state index contributed by atoms with van der Waals surface area (Å²) in [6.45, 7) is 8.95. The van der Waals surface area contributed by atoms with E-state index in [1.807, 2.05) is 0 Å². The molecule has 0 aliphatic heterocycles. The van der Waals surface area contributed by atoms with Gasteiger partial charge in [0.1, 0.15) is 0 Å². The molecule has 0 saturated heterocycles. The minimum atomic E-state index is 0.700. The lowest BCUT2D eigenvalue weighted by Gasteiger charge is -2.23. The largest absolute Gasteiger partial charge is 0.314 e. The predicted molar refractivity (Wildman–Crippen MR) is 63.8 cm³/mol. The lowest BCUT2D eigenvalue weighted by atomic mass is 10.2. The minimum absolute atomic E-state index is 0.700. The molecule has 0 aromatic carbocycles.